The predicted octanol–water partition coefficient (Wildman–Crippen LogP) is 2.64. The van der Waals surface area contributed by atoms with Gasteiger partial charge in [-0.15, -0.1) is 0 Å². The molecular weight excluding hydrogens is 250 g/mol. The Kier molecular flexibility index (Phi) is 3.33. The maximum absolute atomic E-state index is 4.51. The molecule has 0 fully saturated rings. The van der Waals surface area contributed by atoms with Crippen LogP contribution in [0, 0.1) is 0 Å². The van der Waals surface area contributed by atoms with Crippen molar-refractivity contribution in [1.29, 1.82) is 0 Å². The first-order valence-electron chi connectivity index (χ1n) is 6.25. The van der Waals surface area contributed by atoms with E-state index in [1.54, 1.807) is 6.20 Å². The molecule has 3 rings (SSSR count). The Morgan fingerprint density at radius 2 is 1.60 bits per heavy atom. The van der Waals surface area contributed by atoms with E-state index in [9.17, 15) is 0 Å². The summed E-state index contributed by atoms with van der Waals surface area (Å²) in [6, 6.07) is 13.6. The van der Waals surface area contributed by atoms with Crippen molar-refractivity contribution in [2.24, 2.45) is 0 Å². The van der Waals surface area contributed by atoms with Gasteiger partial charge in [-0.1, -0.05) is 30.3 Å². The molecule has 20 heavy (non-hydrogen) atoms. The van der Waals surface area contributed by atoms with Crippen molar-refractivity contribution in [3.8, 4) is 22.8 Å². The minimum atomic E-state index is 0.637. The Hall–Kier alpha value is -2.82. The zero-order valence-electron chi connectivity index (χ0n) is 11.0. The molecule has 5 nitrogen and oxygen atoms in total. The lowest BCUT2D eigenvalue weighted by Crippen LogP contribution is -1.97. The highest BCUT2D eigenvalue weighted by atomic mass is 15.0. The van der Waals surface area contributed by atoms with Gasteiger partial charge in [0.2, 0.25) is 0 Å². The van der Waals surface area contributed by atoms with Crippen molar-refractivity contribution >= 4 is 5.82 Å². The van der Waals surface area contributed by atoms with E-state index in [1.165, 1.54) is 6.33 Å². The summed E-state index contributed by atoms with van der Waals surface area (Å²) in [4.78, 5) is 17.1. The van der Waals surface area contributed by atoms with Gasteiger partial charge < -0.3 is 5.32 Å². The van der Waals surface area contributed by atoms with Crippen molar-refractivity contribution in [2.75, 3.05) is 12.4 Å². The summed E-state index contributed by atoms with van der Waals surface area (Å²) >= 11 is 0. The van der Waals surface area contributed by atoms with Gasteiger partial charge in [0, 0.05) is 24.4 Å². The summed E-state index contributed by atoms with van der Waals surface area (Å²) in [7, 11) is 1.83. The van der Waals surface area contributed by atoms with E-state index in [4.69, 9.17) is 0 Å². The first-order chi connectivity index (χ1) is 9.86. The van der Waals surface area contributed by atoms with E-state index >= 15 is 0 Å². The zero-order valence-corrected chi connectivity index (χ0v) is 11.0. The lowest BCUT2D eigenvalue weighted by molar-refractivity contribution is 1.06. The average Bonchev–Trinajstić information content (AvgIpc) is 2.56. The first kappa shape index (κ1) is 12.2. The normalized spacial score (nSPS) is 10.2. The molecule has 0 aliphatic heterocycles. The number of aromatic nitrogens is 4. The van der Waals surface area contributed by atoms with Crippen molar-refractivity contribution in [1.82, 2.24) is 19.9 Å². The lowest BCUT2D eigenvalue weighted by Gasteiger charge is -2.04. The van der Waals surface area contributed by atoms with Gasteiger partial charge in [-0.3, -0.25) is 0 Å². The quantitative estimate of drug-likeness (QED) is 0.787. The van der Waals surface area contributed by atoms with Gasteiger partial charge in [-0.05, 0) is 12.1 Å². The monoisotopic (exact) mass is 263 g/mol. The third-order valence-electron chi connectivity index (χ3n) is 2.88. The zero-order chi connectivity index (χ0) is 13.8. The summed E-state index contributed by atoms with van der Waals surface area (Å²) < 4.78 is 0. The Balaban J connectivity index is 2.03. The molecule has 0 aliphatic rings. The Bertz CT molecular complexity index is 712. The van der Waals surface area contributed by atoms with Gasteiger partial charge in [0.15, 0.2) is 11.6 Å². The summed E-state index contributed by atoms with van der Waals surface area (Å²) in [5.74, 6) is 2.08. The molecule has 0 bridgehead atoms. The number of rotatable bonds is 3. The van der Waals surface area contributed by atoms with E-state index in [1.807, 2.05) is 49.5 Å². The van der Waals surface area contributed by atoms with Crippen molar-refractivity contribution in [3.05, 3.63) is 55.0 Å². The molecule has 0 aliphatic carbocycles. The number of nitrogens with one attached hydrogen (secondary N) is 1. The van der Waals surface area contributed by atoms with Crippen LogP contribution in [0.25, 0.3) is 22.8 Å². The molecule has 5 heteroatoms. The van der Waals surface area contributed by atoms with Gasteiger partial charge in [0.25, 0.3) is 0 Å². The minimum absolute atomic E-state index is 0.637. The van der Waals surface area contributed by atoms with Crippen molar-refractivity contribution in [3.63, 3.8) is 0 Å². The summed E-state index contributed by atoms with van der Waals surface area (Å²) in [6.45, 7) is 0. The fourth-order valence-corrected chi connectivity index (χ4v) is 1.87. The van der Waals surface area contributed by atoms with Gasteiger partial charge in [0.05, 0.1) is 0 Å². The molecule has 98 valence electrons. The molecule has 3 aromatic rings. The van der Waals surface area contributed by atoms with Gasteiger partial charge >= 0.3 is 0 Å². The second kappa shape index (κ2) is 5.44. The van der Waals surface area contributed by atoms with E-state index in [2.05, 4.69) is 25.3 Å². The molecule has 1 aromatic carbocycles. The summed E-state index contributed by atoms with van der Waals surface area (Å²) in [6.07, 6.45) is 3.26. The highest BCUT2D eigenvalue weighted by Gasteiger charge is 2.06. The standard InChI is InChI=1S/C15H13N5/c1-16-13-9-12(7-8-17-13)15-19-10-18-14(20-15)11-5-3-2-4-6-11/h2-10H,1H3,(H,16,17). The molecular formula is C15H13N5. The van der Waals surface area contributed by atoms with Crippen LogP contribution in [0.4, 0.5) is 5.82 Å². The Morgan fingerprint density at radius 3 is 2.35 bits per heavy atom. The fraction of sp³-hybridized carbons (Fsp3) is 0.0667. The van der Waals surface area contributed by atoms with Crippen LogP contribution in [-0.2, 0) is 0 Å². The first-order valence-corrected chi connectivity index (χ1v) is 6.25. The van der Waals surface area contributed by atoms with Crippen LogP contribution in [-0.4, -0.2) is 27.0 Å². The number of benzene rings is 1. The molecule has 0 atom stereocenters. The number of hydrogen-bond acceptors (Lipinski definition) is 5. The van der Waals surface area contributed by atoms with Crippen molar-refractivity contribution in [2.45, 2.75) is 0 Å². The average molecular weight is 263 g/mol. The van der Waals surface area contributed by atoms with Crippen LogP contribution >= 0.6 is 0 Å². The molecule has 0 saturated heterocycles. The van der Waals surface area contributed by atoms with Crippen molar-refractivity contribution < 1.29 is 0 Å². The maximum atomic E-state index is 4.51. The third kappa shape index (κ3) is 2.47. The van der Waals surface area contributed by atoms with Crippen LogP contribution < -0.4 is 5.32 Å². The van der Waals surface area contributed by atoms with Crippen LogP contribution in [0.1, 0.15) is 0 Å². The van der Waals surface area contributed by atoms with Crippen LogP contribution in [0.3, 0.4) is 0 Å². The third-order valence-corrected chi connectivity index (χ3v) is 2.88. The van der Waals surface area contributed by atoms with E-state index < -0.39 is 0 Å². The molecule has 0 unspecified atom stereocenters. The highest BCUT2D eigenvalue weighted by molar-refractivity contribution is 5.62. The van der Waals surface area contributed by atoms with E-state index in [0.717, 1.165) is 16.9 Å². The molecule has 2 aromatic heterocycles. The van der Waals surface area contributed by atoms with Gasteiger partial charge in [-0.2, -0.15) is 0 Å². The number of hydrogen-bond donors (Lipinski definition) is 1. The smallest absolute Gasteiger partial charge is 0.163 e. The largest absolute Gasteiger partial charge is 0.373 e. The van der Waals surface area contributed by atoms with Gasteiger partial charge in [0.1, 0.15) is 12.1 Å². The highest BCUT2D eigenvalue weighted by Crippen LogP contribution is 2.19. The van der Waals surface area contributed by atoms with E-state index in [0.29, 0.717) is 11.6 Å². The number of nitrogens with zero attached hydrogens (tertiary/aromatic N) is 4. The minimum Gasteiger partial charge on any atom is -0.373 e. The van der Waals surface area contributed by atoms with Crippen LogP contribution in [0.5, 0.6) is 0 Å². The molecule has 0 spiro atoms. The van der Waals surface area contributed by atoms with E-state index in [-0.39, 0.29) is 0 Å². The summed E-state index contributed by atoms with van der Waals surface area (Å²) in [5.41, 5.74) is 1.88. The second-order valence-corrected chi connectivity index (χ2v) is 4.18. The molecule has 0 saturated carbocycles. The lowest BCUT2D eigenvalue weighted by atomic mass is 10.2. The SMILES string of the molecule is CNc1cc(-c2ncnc(-c3ccccc3)n2)ccn1. The van der Waals surface area contributed by atoms with Gasteiger partial charge in [-0.25, -0.2) is 19.9 Å². The topological polar surface area (TPSA) is 63.6 Å². The number of pyridine rings is 1. The predicted molar refractivity (Wildman–Crippen MR) is 78.0 cm³/mol. The van der Waals surface area contributed by atoms with Crippen LogP contribution in [0.15, 0.2) is 55.0 Å². The Labute approximate surface area is 116 Å². The molecule has 0 radical (unpaired) electrons. The van der Waals surface area contributed by atoms with Crippen LogP contribution in [0.2, 0.25) is 0 Å². The number of anilines is 1. The molecule has 2 heterocycles. The summed E-state index contributed by atoms with van der Waals surface area (Å²) in [5, 5.41) is 3.00. The maximum Gasteiger partial charge on any atom is 0.163 e. The Morgan fingerprint density at radius 1 is 0.850 bits per heavy atom. The fourth-order valence-electron chi connectivity index (χ4n) is 1.87. The molecule has 1 N–H and O–H groups in total. The molecule has 0 amide bonds. The second-order valence-electron chi connectivity index (χ2n) is 4.18.